The first-order valence-electron chi connectivity index (χ1n) is 10.5. The van der Waals surface area contributed by atoms with Gasteiger partial charge in [-0.1, -0.05) is 42.5 Å². The molecular weight excluding hydrogens is 428 g/mol. The molecule has 0 radical (unpaired) electrons. The summed E-state index contributed by atoms with van der Waals surface area (Å²) < 4.78 is 38.5. The second-order valence-electron chi connectivity index (χ2n) is 7.54. The number of carbonyl (C=O) groups is 1. The van der Waals surface area contributed by atoms with Gasteiger partial charge < -0.3 is 14.4 Å². The normalized spacial score (nSPS) is 15.1. The van der Waals surface area contributed by atoms with Gasteiger partial charge in [-0.25, -0.2) is 8.42 Å². The SMILES string of the molecule is COCCOc1ccccc1C(=O)N1CCN(S(=O)(=O)c2ccc3ccccc3c2)CC1. The van der Waals surface area contributed by atoms with Gasteiger partial charge in [-0.3, -0.25) is 4.79 Å². The van der Waals surface area contributed by atoms with Gasteiger partial charge in [-0.2, -0.15) is 4.31 Å². The van der Waals surface area contributed by atoms with Gasteiger partial charge in [-0.05, 0) is 35.0 Å². The Morgan fingerprint density at radius 2 is 1.56 bits per heavy atom. The summed E-state index contributed by atoms with van der Waals surface area (Å²) in [5.74, 6) is 0.335. The number of amides is 1. The molecule has 4 rings (SSSR count). The number of benzene rings is 3. The summed E-state index contributed by atoms with van der Waals surface area (Å²) >= 11 is 0. The Labute approximate surface area is 188 Å². The maximum atomic E-state index is 13.2. The van der Waals surface area contributed by atoms with Crippen LogP contribution in [-0.4, -0.2) is 70.0 Å². The largest absolute Gasteiger partial charge is 0.490 e. The van der Waals surface area contributed by atoms with Gasteiger partial charge in [0.2, 0.25) is 10.0 Å². The topological polar surface area (TPSA) is 76.2 Å². The number of piperazine rings is 1. The summed E-state index contributed by atoms with van der Waals surface area (Å²) in [5, 5.41) is 1.88. The summed E-state index contributed by atoms with van der Waals surface area (Å²) in [6, 6.07) is 19.9. The lowest BCUT2D eigenvalue weighted by Crippen LogP contribution is -2.50. The Kier molecular flexibility index (Phi) is 6.74. The minimum absolute atomic E-state index is 0.166. The highest BCUT2D eigenvalue weighted by atomic mass is 32.2. The van der Waals surface area contributed by atoms with Gasteiger partial charge in [0.25, 0.3) is 5.91 Å². The first kappa shape index (κ1) is 22.3. The molecule has 0 aliphatic carbocycles. The van der Waals surface area contributed by atoms with Crippen LogP contribution in [0.2, 0.25) is 0 Å². The molecule has 32 heavy (non-hydrogen) atoms. The minimum Gasteiger partial charge on any atom is -0.490 e. The van der Waals surface area contributed by atoms with E-state index in [1.807, 2.05) is 36.4 Å². The van der Waals surface area contributed by atoms with Gasteiger partial charge in [-0.15, -0.1) is 0 Å². The van der Waals surface area contributed by atoms with E-state index in [2.05, 4.69) is 0 Å². The second-order valence-corrected chi connectivity index (χ2v) is 9.48. The van der Waals surface area contributed by atoms with E-state index < -0.39 is 10.0 Å². The lowest BCUT2D eigenvalue weighted by Gasteiger charge is -2.34. The molecular formula is C24H26N2O5S. The maximum absolute atomic E-state index is 13.2. The molecule has 0 unspecified atom stereocenters. The molecule has 3 aromatic carbocycles. The molecule has 8 heteroatoms. The molecule has 0 aromatic heterocycles. The maximum Gasteiger partial charge on any atom is 0.257 e. The molecule has 0 N–H and O–H groups in total. The molecule has 1 heterocycles. The number of fused-ring (bicyclic) bond motifs is 1. The molecule has 1 aliphatic heterocycles. The number of hydrogen-bond donors (Lipinski definition) is 0. The van der Waals surface area contributed by atoms with E-state index in [1.165, 1.54) is 4.31 Å². The molecule has 0 bridgehead atoms. The number of hydrogen-bond acceptors (Lipinski definition) is 5. The first-order valence-corrected chi connectivity index (χ1v) is 11.9. The fourth-order valence-electron chi connectivity index (χ4n) is 3.78. The van der Waals surface area contributed by atoms with Gasteiger partial charge in [0.1, 0.15) is 12.4 Å². The zero-order chi connectivity index (χ0) is 22.6. The Morgan fingerprint density at radius 1 is 0.875 bits per heavy atom. The van der Waals surface area contributed by atoms with Crippen LogP contribution in [0.3, 0.4) is 0 Å². The monoisotopic (exact) mass is 454 g/mol. The van der Waals surface area contributed by atoms with E-state index in [4.69, 9.17) is 9.47 Å². The van der Waals surface area contributed by atoms with Crippen LogP contribution in [0.25, 0.3) is 10.8 Å². The van der Waals surface area contributed by atoms with Crippen LogP contribution in [0.15, 0.2) is 71.6 Å². The highest BCUT2D eigenvalue weighted by Crippen LogP contribution is 2.24. The quantitative estimate of drug-likeness (QED) is 0.513. The summed E-state index contributed by atoms with van der Waals surface area (Å²) in [5.41, 5.74) is 0.467. The van der Waals surface area contributed by atoms with Crippen LogP contribution in [0, 0.1) is 0 Å². The third-order valence-electron chi connectivity index (χ3n) is 5.55. The number of rotatable bonds is 7. The van der Waals surface area contributed by atoms with E-state index in [9.17, 15) is 13.2 Å². The van der Waals surface area contributed by atoms with Crippen molar-refractivity contribution in [2.24, 2.45) is 0 Å². The second kappa shape index (κ2) is 9.68. The Bertz CT molecular complexity index is 1200. The van der Waals surface area contributed by atoms with Gasteiger partial charge in [0, 0.05) is 33.3 Å². The van der Waals surface area contributed by atoms with E-state index in [1.54, 1.807) is 42.3 Å². The number of methoxy groups -OCH3 is 1. The summed E-state index contributed by atoms with van der Waals surface area (Å²) in [6.07, 6.45) is 0. The predicted octanol–water partition coefficient (Wildman–Crippen LogP) is 3.01. The average Bonchev–Trinajstić information content (AvgIpc) is 2.84. The lowest BCUT2D eigenvalue weighted by atomic mass is 10.1. The zero-order valence-corrected chi connectivity index (χ0v) is 18.8. The van der Waals surface area contributed by atoms with E-state index in [0.29, 0.717) is 37.6 Å². The van der Waals surface area contributed by atoms with E-state index in [-0.39, 0.29) is 23.9 Å². The van der Waals surface area contributed by atoms with Crippen molar-refractivity contribution in [1.82, 2.24) is 9.21 Å². The van der Waals surface area contributed by atoms with E-state index in [0.717, 1.165) is 10.8 Å². The van der Waals surface area contributed by atoms with Crippen molar-refractivity contribution in [3.63, 3.8) is 0 Å². The summed E-state index contributed by atoms with van der Waals surface area (Å²) in [6.45, 7) is 1.89. The molecule has 0 saturated carbocycles. The molecule has 168 valence electrons. The van der Waals surface area contributed by atoms with Crippen LogP contribution in [0.4, 0.5) is 0 Å². The van der Waals surface area contributed by atoms with Gasteiger partial charge >= 0.3 is 0 Å². The third kappa shape index (κ3) is 4.62. The molecule has 1 aliphatic rings. The molecule has 0 spiro atoms. The number of ether oxygens (including phenoxy) is 2. The molecule has 3 aromatic rings. The van der Waals surface area contributed by atoms with Crippen molar-refractivity contribution in [2.75, 3.05) is 46.5 Å². The number of para-hydroxylation sites is 1. The molecule has 0 atom stereocenters. The molecule has 1 amide bonds. The Morgan fingerprint density at radius 3 is 2.31 bits per heavy atom. The smallest absolute Gasteiger partial charge is 0.257 e. The minimum atomic E-state index is -3.63. The standard InChI is InChI=1S/C24H26N2O5S/c1-30-16-17-31-23-9-5-4-8-22(23)24(27)25-12-14-26(15-13-25)32(28,29)21-11-10-19-6-2-3-7-20(19)18-21/h2-11,18H,12-17H2,1H3. The molecule has 1 saturated heterocycles. The fourth-order valence-corrected chi connectivity index (χ4v) is 5.24. The zero-order valence-electron chi connectivity index (χ0n) is 17.9. The van der Waals surface area contributed by atoms with Gasteiger partial charge in [0.05, 0.1) is 17.1 Å². The van der Waals surface area contributed by atoms with Crippen molar-refractivity contribution in [3.8, 4) is 5.75 Å². The van der Waals surface area contributed by atoms with Crippen molar-refractivity contribution in [3.05, 3.63) is 72.3 Å². The summed E-state index contributed by atoms with van der Waals surface area (Å²) in [7, 11) is -2.04. The average molecular weight is 455 g/mol. The summed E-state index contributed by atoms with van der Waals surface area (Å²) in [4.78, 5) is 15.0. The number of sulfonamides is 1. The Balaban J connectivity index is 1.45. The predicted molar refractivity (Wildman–Crippen MR) is 122 cm³/mol. The highest BCUT2D eigenvalue weighted by molar-refractivity contribution is 7.89. The third-order valence-corrected chi connectivity index (χ3v) is 7.44. The Hall–Kier alpha value is -2.94. The lowest BCUT2D eigenvalue weighted by molar-refractivity contribution is 0.0691. The van der Waals surface area contributed by atoms with Crippen LogP contribution in [0.5, 0.6) is 5.75 Å². The van der Waals surface area contributed by atoms with Crippen molar-refractivity contribution < 1.29 is 22.7 Å². The van der Waals surface area contributed by atoms with Crippen LogP contribution >= 0.6 is 0 Å². The van der Waals surface area contributed by atoms with E-state index >= 15 is 0 Å². The molecule has 7 nitrogen and oxygen atoms in total. The fraction of sp³-hybridized carbons (Fsp3) is 0.292. The number of carbonyl (C=O) groups excluding carboxylic acids is 1. The van der Waals surface area contributed by atoms with Crippen LogP contribution in [-0.2, 0) is 14.8 Å². The van der Waals surface area contributed by atoms with Gasteiger partial charge in [0.15, 0.2) is 0 Å². The van der Waals surface area contributed by atoms with Crippen molar-refractivity contribution in [2.45, 2.75) is 4.90 Å². The first-order chi connectivity index (χ1) is 15.5. The highest BCUT2D eigenvalue weighted by Gasteiger charge is 2.31. The number of nitrogens with zero attached hydrogens (tertiary/aromatic N) is 2. The molecule has 1 fully saturated rings. The van der Waals surface area contributed by atoms with Crippen molar-refractivity contribution in [1.29, 1.82) is 0 Å². The van der Waals surface area contributed by atoms with Crippen molar-refractivity contribution >= 4 is 26.7 Å². The van der Waals surface area contributed by atoms with Crippen LogP contribution in [0.1, 0.15) is 10.4 Å². The van der Waals surface area contributed by atoms with Crippen LogP contribution < -0.4 is 4.74 Å².